The van der Waals surface area contributed by atoms with Gasteiger partial charge in [0, 0.05) is 24.7 Å². The van der Waals surface area contributed by atoms with Crippen molar-refractivity contribution in [3.8, 4) is 11.5 Å². The van der Waals surface area contributed by atoms with Crippen LogP contribution in [0.25, 0.3) is 0 Å². The maximum atomic E-state index is 13.3. The zero-order valence-corrected chi connectivity index (χ0v) is 40.9. The second-order valence-corrected chi connectivity index (χ2v) is 22.8. The molecular weight excluding hydrogens is 864 g/mol. The Morgan fingerprint density at radius 3 is 1.79 bits per heavy atom. The lowest BCUT2D eigenvalue weighted by Gasteiger charge is -2.39. The predicted molar refractivity (Wildman–Crippen MR) is 267 cm³/mol. The maximum Gasteiger partial charge on any atom is 0.351 e. The van der Waals surface area contributed by atoms with Crippen molar-refractivity contribution < 1.29 is 28.0 Å². The average Bonchev–Trinajstić information content (AvgIpc) is 3.74. The number of methoxy groups -OCH3 is 2. The Labute approximate surface area is 392 Å². The van der Waals surface area contributed by atoms with Crippen molar-refractivity contribution >= 4 is 32.8 Å². The number of aromatic nitrogens is 2. The molecule has 346 valence electrons. The fraction of sp³-hybridized carbons (Fsp3) is 0.321. The SMILES string of the molecule is COc1ccc(C(OC[C@H]2O[C@@H](n3ccc(N)nc3=O)C[C@@H]2OP(OCC=CC[Si](C)(c2ccccc2)c2ccccc2)N(C(C)C)C(C)C)(c2ccccc2)c2ccc(OC)cc2)cc1. The molecule has 6 aromatic rings. The normalized spacial score (nSPS) is 17.2. The van der Waals surface area contributed by atoms with Gasteiger partial charge < -0.3 is 33.7 Å². The molecule has 66 heavy (non-hydrogen) atoms. The first-order valence-corrected chi connectivity index (χ1v) is 26.4. The molecule has 13 heteroatoms. The van der Waals surface area contributed by atoms with Gasteiger partial charge in [-0.3, -0.25) is 4.57 Å². The van der Waals surface area contributed by atoms with Crippen molar-refractivity contribution in [1.82, 2.24) is 14.2 Å². The van der Waals surface area contributed by atoms with Gasteiger partial charge in [-0.1, -0.05) is 144 Å². The molecule has 2 heterocycles. The first-order valence-electron chi connectivity index (χ1n) is 22.6. The van der Waals surface area contributed by atoms with Crippen LogP contribution in [-0.2, 0) is 24.1 Å². The van der Waals surface area contributed by atoms with Crippen LogP contribution in [0.4, 0.5) is 5.82 Å². The molecule has 4 atom stereocenters. The van der Waals surface area contributed by atoms with Crippen LogP contribution in [0.2, 0.25) is 12.6 Å². The number of anilines is 1. The summed E-state index contributed by atoms with van der Waals surface area (Å²) in [4.78, 5) is 17.4. The van der Waals surface area contributed by atoms with Gasteiger partial charge in [-0.05, 0) is 80.8 Å². The van der Waals surface area contributed by atoms with E-state index < -0.39 is 46.3 Å². The molecule has 0 amide bonds. The predicted octanol–water partition coefficient (Wildman–Crippen LogP) is 9.34. The van der Waals surface area contributed by atoms with Crippen LogP contribution in [0.1, 0.15) is 57.0 Å². The number of benzene rings is 5. The number of allylic oxidation sites excluding steroid dienone is 1. The van der Waals surface area contributed by atoms with Crippen LogP contribution >= 0.6 is 8.53 Å². The van der Waals surface area contributed by atoms with E-state index in [1.807, 2.05) is 66.7 Å². The monoisotopic (exact) mass is 926 g/mol. The minimum Gasteiger partial charge on any atom is -0.497 e. The highest BCUT2D eigenvalue weighted by Gasteiger charge is 2.45. The Balaban J connectivity index is 1.22. The van der Waals surface area contributed by atoms with Gasteiger partial charge >= 0.3 is 5.69 Å². The summed E-state index contributed by atoms with van der Waals surface area (Å²) in [6, 6.07) is 50.4. The molecule has 1 aliphatic heterocycles. The molecule has 0 aliphatic carbocycles. The molecular formula is C53H63N4O7PSi. The fourth-order valence-electron chi connectivity index (χ4n) is 8.81. The number of ether oxygens (including phenoxy) is 4. The first-order chi connectivity index (χ1) is 32.0. The number of nitrogens with two attached hydrogens (primary N) is 1. The summed E-state index contributed by atoms with van der Waals surface area (Å²) in [5.74, 6) is 1.58. The molecule has 2 N–H and O–H groups in total. The quantitative estimate of drug-likeness (QED) is 0.0324. The fourth-order valence-corrected chi connectivity index (χ4v) is 13.8. The third-order valence-corrected chi connectivity index (χ3v) is 18.6. The summed E-state index contributed by atoms with van der Waals surface area (Å²) in [5.41, 5.74) is 6.99. The molecule has 11 nitrogen and oxygen atoms in total. The van der Waals surface area contributed by atoms with E-state index in [1.54, 1.807) is 26.5 Å². The summed E-state index contributed by atoms with van der Waals surface area (Å²) in [6.07, 6.45) is 4.44. The van der Waals surface area contributed by atoms with Gasteiger partial charge in [0.1, 0.15) is 43.3 Å². The van der Waals surface area contributed by atoms with Crippen molar-refractivity contribution in [2.75, 3.05) is 33.2 Å². The Kier molecular flexibility index (Phi) is 16.4. The molecule has 0 saturated carbocycles. The van der Waals surface area contributed by atoms with E-state index in [4.69, 9.17) is 33.7 Å². The molecule has 1 unspecified atom stereocenters. The lowest BCUT2D eigenvalue weighted by atomic mass is 9.80. The third kappa shape index (κ3) is 11.0. The van der Waals surface area contributed by atoms with Gasteiger partial charge in [0.2, 0.25) is 0 Å². The van der Waals surface area contributed by atoms with E-state index in [2.05, 4.69) is 129 Å². The van der Waals surface area contributed by atoms with Crippen LogP contribution in [0, 0.1) is 0 Å². The molecule has 1 aliphatic rings. The van der Waals surface area contributed by atoms with Crippen LogP contribution in [0.3, 0.4) is 0 Å². The van der Waals surface area contributed by atoms with E-state index >= 15 is 0 Å². The maximum absolute atomic E-state index is 13.3. The summed E-state index contributed by atoms with van der Waals surface area (Å²) < 4.78 is 43.1. The Bertz CT molecular complexity index is 2420. The second kappa shape index (κ2) is 22.4. The minimum atomic E-state index is -2.09. The number of nitrogen functional groups attached to an aromatic ring is 1. The molecule has 7 rings (SSSR count). The molecule has 5 aromatic carbocycles. The van der Waals surface area contributed by atoms with E-state index in [-0.39, 0.29) is 24.5 Å². The van der Waals surface area contributed by atoms with Gasteiger partial charge in [0.05, 0.1) is 33.5 Å². The smallest absolute Gasteiger partial charge is 0.351 e. The molecule has 0 bridgehead atoms. The molecule has 1 aromatic heterocycles. The van der Waals surface area contributed by atoms with Crippen molar-refractivity contribution in [3.63, 3.8) is 0 Å². The van der Waals surface area contributed by atoms with Crippen molar-refractivity contribution in [2.24, 2.45) is 0 Å². The molecule has 0 spiro atoms. The van der Waals surface area contributed by atoms with E-state index in [9.17, 15) is 4.79 Å². The molecule has 1 fully saturated rings. The van der Waals surface area contributed by atoms with Crippen LogP contribution in [0.15, 0.2) is 169 Å². The number of hydrogen-bond acceptors (Lipinski definition) is 10. The van der Waals surface area contributed by atoms with Crippen LogP contribution in [0.5, 0.6) is 11.5 Å². The summed E-state index contributed by atoms with van der Waals surface area (Å²) in [7, 11) is -0.439. The Morgan fingerprint density at radius 1 is 0.773 bits per heavy atom. The lowest BCUT2D eigenvalue weighted by Crippen LogP contribution is -2.55. The highest BCUT2D eigenvalue weighted by Crippen LogP contribution is 2.50. The zero-order chi connectivity index (χ0) is 46.7. The van der Waals surface area contributed by atoms with Crippen LogP contribution in [-0.4, -0.2) is 74.0 Å². The highest BCUT2D eigenvalue weighted by molar-refractivity contribution is 7.44. The zero-order valence-electron chi connectivity index (χ0n) is 39.0. The van der Waals surface area contributed by atoms with Gasteiger partial charge in [0.25, 0.3) is 8.53 Å². The summed E-state index contributed by atoms with van der Waals surface area (Å²) in [6.45, 7) is 11.5. The van der Waals surface area contributed by atoms with Gasteiger partial charge in [-0.2, -0.15) is 4.98 Å². The standard InChI is InChI=1S/C53H63N4O7PSi/c1-39(2)57(40(3)4)65(62-35-17-18-36-66(7,46-21-13-9-14-22-46)47-23-15-10-16-24-47)64-48-37-51(56-34-33-50(54)55-52(56)58)63-49(48)38-61-53(41-19-11-8-12-20-41,42-25-29-44(59-5)30-26-42)43-27-31-45(60-6)32-28-43/h8-34,39-40,48-49,51H,35-38H2,1-7H3,(H2,54,55,58)/t48-,49+,51+,65?/m0/s1. The second-order valence-electron chi connectivity index (χ2n) is 17.2. The third-order valence-electron chi connectivity index (χ3n) is 12.2. The molecule has 1 saturated heterocycles. The minimum absolute atomic E-state index is 0.0832. The average molecular weight is 927 g/mol. The van der Waals surface area contributed by atoms with Crippen molar-refractivity contribution in [1.29, 1.82) is 0 Å². The topological polar surface area (TPSA) is 120 Å². The van der Waals surface area contributed by atoms with E-state index in [1.165, 1.54) is 14.9 Å². The van der Waals surface area contributed by atoms with Gasteiger partial charge in [-0.15, -0.1) is 0 Å². The lowest BCUT2D eigenvalue weighted by molar-refractivity contribution is -0.0924. The molecule has 0 radical (unpaired) electrons. The van der Waals surface area contributed by atoms with E-state index in [0.29, 0.717) is 13.0 Å². The first kappa shape index (κ1) is 48.5. The summed E-state index contributed by atoms with van der Waals surface area (Å²) >= 11 is 0. The summed E-state index contributed by atoms with van der Waals surface area (Å²) in [5, 5.41) is 2.76. The number of nitrogens with zero attached hydrogens (tertiary/aromatic N) is 3. The van der Waals surface area contributed by atoms with Crippen molar-refractivity contribution in [2.45, 2.75) is 82.8 Å². The largest absolute Gasteiger partial charge is 0.497 e. The number of hydrogen-bond donors (Lipinski definition) is 1. The van der Waals surface area contributed by atoms with Crippen molar-refractivity contribution in [3.05, 3.63) is 191 Å². The Hall–Kier alpha value is -5.43. The Morgan fingerprint density at radius 2 is 1.29 bits per heavy atom. The highest BCUT2D eigenvalue weighted by atomic mass is 31.2. The van der Waals surface area contributed by atoms with E-state index in [0.717, 1.165) is 34.2 Å². The number of rotatable bonds is 21. The van der Waals surface area contributed by atoms with Gasteiger partial charge in [0.15, 0.2) is 0 Å². The van der Waals surface area contributed by atoms with Crippen LogP contribution < -0.4 is 31.3 Å². The van der Waals surface area contributed by atoms with Gasteiger partial charge in [-0.25, -0.2) is 9.46 Å².